The Hall–Kier alpha value is -0.730. The van der Waals surface area contributed by atoms with E-state index < -0.39 is 0 Å². The average molecular weight is 210 g/mol. The van der Waals surface area contributed by atoms with Gasteiger partial charge in [-0.3, -0.25) is 0 Å². The summed E-state index contributed by atoms with van der Waals surface area (Å²) in [7, 11) is 0. The molecule has 3 heteroatoms. The maximum absolute atomic E-state index is 5.96. The molecule has 0 aromatic heterocycles. The molecule has 75 valence electrons. The van der Waals surface area contributed by atoms with Gasteiger partial charge < -0.3 is 4.90 Å². The molecule has 1 aliphatic rings. The van der Waals surface area contributed by atoms with Crippen LogP contribution in [0.15, 0.2) is 24.3 Å². The van der Waals surface area contributed by atoms with Crippen LogP contribution in [0.4, 0.5) is 5.69 Å². The molecule has 0 bridgehead atoms. The molecule has 0 amide bonds. The van der Waals surface area contributed by atoms with Crippen molar-refractivity contribution in [3.05, 3.63) is 29.3 Å². The predicted octanol–water partition coefficient (Wildman–Crippen LogP) is 2.15. The number of hydrogen-bond donors (Lipinski definition) is 0. The first kappa shape index (κ1) is 9.81. The number of anilines is 1. The largest absolute Gasteiger partial charge is 0.366 e. The molecule has 1 aromatic carbocycles. The van der Waals surface area contributed by atoms with Crippen LogP contribution in [0.1, 0.15) is 6.92 Å². The molecular weight excluding hydrogens is 196 g/mol. The van der Waals surface area contributed by atoms with E-state index in [1.165, 1.54) is 5.69 Å². The van der Waals surface area contributed by atoms with Crippen LogP contribution < -0.4 is 10.2 Å². The molecule has 1 fully saturated rings. The first-order chi connectivity index (χ1) is 6.77. The minimum atomic E-state index is 0.488. The van der Waals surface area contributed by atoms with Crippen LogP contribution in [0.3, 0.4) is 0 Å². The van der Waals surface area contributed by atoms with Crippen molar-refractivity contribution >= 4 is 17.3 Å². The van der Waals surface area contributed by atoms with Crippen LogP contribution in [-0.4, -0.2) is 25.7 Å². The zero-order chi connectivity index (χ0) is 9.97. The lowest BCUT2D eigenvalue weighted by Gasteiger charge is -2.35. The molecular formula is C11H14ClN2. The molecule has 0 saturated carbocycles. The van der Waals surface area contributed by atoms with Gasteiger partial charge >= 0.3 is 0 Å². The summed E-state index contributed by atoms with van der Waals surface area (Å²) in [5.41, 5.74) is 1.21. The van der Waals surface area contributed by atoms with Crippen molar-refractivity contribution in [1.82, 2.24) is 5.32 Å². The normalized spacial score (nSPS) is 22.4. The molecule has 1 aliphatic heterocycles. The standard InChI is InChI=1S/C11H14ClN2/c1-9-8-13-5-6-14(9)11-4-2-3-10(12)7-11/h2-4,7,9H,5-6,8H2,1H3. The quantitative estimate of drug-likeness (QED) is 0.693. The van der Waals surface area contributed by atoms with E-state index in [0.29, 0.717) is 6.04 Å². The monoisotopic (exact) mass is 209 g/mol. The molecule has 0 aliphatic carbocycles. The highest BCUT2D eigenvalue weighted by atomic mass is 35.5. The molecule has 1 aromatic rings. The van der Waals surface area contributed by atoms with Gasteiger partial charge in [0.2, 0.25) is 0 Å². The molecule has 2 nitrogen and oxygen atoms in total. The van der Waals surface area contributed by atoms with Gasteiger partial charge in [0, 0.05) is 36.4 Å². The molecule has 0 N–H and O–H groups in total. The number of halogens is 1. The highest BCUT2D eigenvalue weighted by molar-refractivity contribution is 6.30. The van der Waals surface area contributed by atoms with Crippen molar-refractivity contribution in [2.24, 2.45) is 0 Å². The summed E-state index contributed by atoms with van der Waals surface area (Å²) in [4.78, 5) is 2.36. The van der Waals surface area contributed by atoms with E-state index in [1.807, 2.05) is 18.2 Å². The minimum absolute atomic E-state index is 0.488. The second-order valence-corrected chi connectivity index (χ2v) is 4.09. The van der Waals surface area contributed by atoms with Gasteiger partial charge in [0.15, 0.2) is 0 Å². The van der Waals surface area contributed by atoms with Crippen molar-refractivity contribution in [2.75, 3.05) is 24.5 Å². The Kier molecular flexibility index (Phi) is 2.94. The second kappa shape index (κ2) is 4.20. The fourth-order valence-corrected chi connectivity index (χ4v) is 2.00. The zero-order valence-corrected chi connectivity index (χ0v) is 9.04. The summed E-state index contributed by atoms with van der Waals surface area (Å²) in [5, 5.41) is 5.18. The van der Waals surface area contributed by atoms with Crippen molar-refractivity contribution in [3.8, 4) is 0 Å². The van der Waals surface area contributed by atoms with E-state index in [2.05, 4.69) is 23.2 Å². The topological polar surface area (TPSA) is 17.3 Å². The van der Waals surface area contributed by atoms with E-state index in [0.717, 1.165) is 24.7 Å². The van der Waals surface area contributed by atoms with Crippen molar-refractivity contribution in [2.45, 2.75) is 13.0 Å². The number of rotatable bonds is 1. The molecule has 1 radical (unpaired) electrons. The predicted molar refractivity (Wildman–Crippen MR) is 60.1 cm³/mol. The lowest BCUT2D eigenvalue weighted by molar-refractivity contribution is 0.493. The van der Waals surface area contributed by atoms with Gasteiger partial charge in [0.1, 0.15) is 0 Å². The number of hydrogen-bond acceptors (Lipinski definition) is 1. The Bertz CT molecular complexity index is 314. The second-order valence-electron chi connectivity index (χ2n) is 3.65. The maximum Gasteiger partial charge on any atom is 0.0426 e. The average Bonchev–Trinajstić information content (AvgIpc) is 2.18. The third kappa shape index (κ3) is 2.02. The minimum Gasteiger partial charge on any atom is -0.366 e. The highest BCUT2D eigenvalue weighted by Gasteiger charge is 2.18. The summed E-state index contributed by atoms with van der Waals surface area (Å²) in [5.74, 6) is 0. The number of benzene rings is 1. The van der Waals surface area contributed by atoms with Gasteiger partial charge in [0.05, 0.1) is 0 Å². The van der Waals surface area contributed by atoms with E-state index >= 15 is 0 Å². The maximum atomic E-state index is 5.96. The first-order valence-electron chi connectivity index (χ1n) is 4.93. The molecule has 14 heavy (non-hydrogen) atoms. The third-order valence-corrected chi connectivity index (χ3v) is 2.80. The summed E-state index contributed by atoms with van der Waals surface area (Å²) >= 11 is 5.96. The van der Waals surface area contributed by atoms with Gasteiger partial charge in [-0.15, -0.1) is 0 Å². The lowest BCUT2D eigenvalue weighted by atomic mass is 10.2. The lowest BCUT2D eigenvalue weighted by Crippen LogP contribution is -2.47. The Labute approximate surface area is 89.9 Å². The van der Waals surface area contributed by atoms with Crippen molar-refractivity contribution in [3.63, 3.8) is 0 Å². The SMILES string of the molecule is CC1C[N]CCN1c1cccc(Cl)c1. The summed E-state index contributed by atoms with van der Waals surface area (Å²) in [6, 6.07) is 8.51. The smallest absolute Gasteiger partial charge is 0.0426 e. The van der Waals surface area contributed by atoms with Crippen molar-refractivity contribution < 1.29 is 0 Å². The van der Waals surface area contributed by atoms with Crippen LogP contribution in [0.25, 0.3) is 0 Å². The van der Waals surface area contributed by atoms with E-state index in [4.69, 9.17) is 11.6 Å². The Morgan fingerprint density at radius 2 is 2.36 bits per heavy atom. The molecule has 0 spiro atoms. The molecule has 2 rings (SSSR count). The number of piperazine rings is 1. The fraction of sp³-hybridized carbons (Fsp3) is 0.455. The Morgan fingerprint density at radius 1 is 1.50 bits per heavy atom. The molecule has 1 heterocycles. The summed E-state index contributed by atoms with van der Waals surface area (Å²) in [6.45, 7) is 5.05. The Morgan fingerprint density at radius 3 is 3.07 bits per heavy atom. The summed E-state index contributed by atoms with van der Waals surface area (Å²) in [6.07, 6.45) is 0. The van der Waals surface area contributed by atoms with Gasteiger partial charge in [-0.2, -0.15) is 0 Å². The van der Waals surface area contributed by atoms with Gasteiger partial charge in [0.25, 0.3) is 0 Å². The van der Waals surface area contributed by atoms with Crippen LogP contribution in [-0.2, 0) is 0 Å². The van der Waals surface area contributed by atoms with E-state index in [-0.39, 0.29) is 0 Å². The van der Waals surface area contributed by atoms with Crippen molar-refractivity contribution in [1.29, 1.82) is 0 Å². The molecule has 1 unspecified atom stereocenters. The van der Waals surface area contributed by atoms with Gasteiger partial charge in [-0.25, -0.2) is 5.32 Å². The van der Waals surface area contributed by atoms with Crippen LogP contribution in [0.2, 0.25) is 5.02 Å². The van der Waals surface area contributed by atoms with Gasteiger partial charge in [-0.05, 0) is 25.1 Å². The van der Waals surface area contributed by atoms with Crippen LogP contribution >= 0.6 is 11.6 Å². The van der Waals surface area contributed by atoms with Crippen LogP contribution in [0, 0.1) is 0 Å². The van der Waals surface area contributed by atoms with E-state index in [1.54, 1.807) is 0 Å². The van der Waals surface area contributed by atoms with E-state index in [9.17, 15) is 0 Å². The molecule has 1 saturated heterocycles. The summed E-state index contributed by atoms with van der Waals surface area (Å²) < 4.78 is 0. The third-order valence-electron chi connectivity index (χ3n) is 2.56. The van der Waals surface area contributed by atoms with Gasteiger partial charge in [-0.1, -0.05) is 17.7 Å². The van der Waals surface area contributed by atoms with Crippen LogP contribution in [0.5, 0.6) is 0 Å². The number of nitrogens with zero attached hydrogens (tertiary/aromatic N) is 2. The molecule has 1 atom stereocenters. The fourth-order valence-electron chi connectivity index (χ4n) is 1.81. The highest BCUT2D eigenvalue weighted by Crippen LogP contribution is 2.22. The Balaban J connectivity index is 2.20. The first-order valence-corrected chi connectivity index (χ1v) is 5.30. The zero-order valence-electron chi connectivity index (χ0n) is 8.28.